The number of amides is 1. The molecule has 0 aliphatic carbocycles. The van der Waals surface area contributed by atoms with Gasteiger partial charge in [-0.2, -0.15) is 0 Å². The number of ether oxygens (including phenoxy) is 1. The Hall–Kier alpha value is -2.89. The maximum atomic E-state index is 12.8. The van der Waals surface area contributed by atoms with Gasteiger partial charge in [0.2, 0.25) is 0 Å². The maximum Gasteiger partial charge on any atom is 0.262 e. The van der Waals surface area contributed by atoms with Crippen LogP contribution in [0.5, 0.6) is 5.75 Å². The number of rotatable bonds is 4. The van der Waals surface area contributed by atoms with Crippen molar-refractivity contribution in [1.82, 2.24) is 9.38 Å². The zero-order valence-electron chi connectivity index (χ0n) is 11.9. The molecule has 2 aromatic heterocycles. The zero-order valence-corrected chi connectivity index (χ0v) is 11.9. The van der Waals surface area contributed by atoms with Gasteiger partial charge in [-0.25, -0.2) is 9.37 Å². The number of fused-ring (bicyclic) bond motifs is 1. The van der Waals surface area contributed by atoms with Crippen molar-refractivity contribution in [1.29, 1.82) is 0 Å². The minimum atomic E-state index is -0.347. The predicted octanol–water partition coefficient (Wildman–Crippen LogP) is 2.80. The highest BCUT2D eigenvalue weighted by Gasteiger charge is 2.05. The van der Waals surface area contributed by atoms with Gasteiger partial charge >= 0.3 is 0 Å². The van der Waals surface area contributed by atoms with Crippen molar-refractivity contribution in [3.8, 4) is 5.75 Å². The van der Waals surface area contributed by atoms with Gasteiger partial charge in [-0.3, -0.25) is 4.79 Å². The summed E-state index contributed by atoms with van der Waals surface area (Å²) in [7, 11) is 0. The summed E-state index contributed by atoms with van der Waals surface area (Å²) in [5, 5.41) is 2.74. The Balaban J connectivity index is 1.61. The lowest BCUT2D eigenvalue weighted by atomic mass is 10.3. The van der Waals surface area contributed by atoms with E-state index in [0.717, 1.165) is 11.3 Å². The largest absolute Gasteiger partial charge is 0.484 e. The highest BCUT2D eigenvalue weighted by molar-refractivity contribution is 5.91. The fourth-order valence-electron chi connectivity index (χ4n) is 2.07. The molecule has 112 valence electrons. The summed E-state index contributed by atoms with van der Waals surface area (Å²) in [5.41, 5.74) is 2.37. The Bertz CT molecular complexity index is 812. The van der Waals surface area contributed by atoms with Crippen LogP contribution < -0.4 is 10.1 Å². The summed E-state index contributed by atoms with van der Waals surface area (Å²) in [4.78, 5) is 16.2. The lowest BCUT2D eigenvalue weighted by Gasteiger charge is -2.07. The fraction of sp³-hybridized carbons (Fsp3) is 0.125. The molecule has 6 heteroatoms. The Labute approximate surface area is 126 Å². The molecule has 3 rings (SSSR count). The number of pyridine rings is 1. The number of hydrogen-bond acceptors (Lipinski definition) is 3. The first-order valence-electron chi connectivity index (χ1n) is 6.74. The molecule has 0 aliphatic heterocycles. The molecule has 0 aliphatic rings. The predicted molar refractivity (Wildman–Crippen MR) is 80.5 cm³/mol. The fourth-order valence-corrected chi connectivity index (χ4v) is 2.07. The van der Waals surface area contributed by atoms with Crippen LogP contribution in [-0.2, 0) is 4.79 Å². The lowest BCUT2D eigenvalue weighted by Crippen LogP contribution is -2.20. The first kappa shape index (κ1) is 14.1. The van der Waals surface area contributed by atoms with E-state index in [1.807, 2.05) is 23.6 Å². The number of benzene rings is 1. The molecule has 0 saturated heterocycles. The Morgan fingerprint density at radius 3 is 2.77 bits per heavy atom. The van der Waals surface area contributed by atoms with Crippen molar-refractivity contribution in [3.63, 3.8) is 0 Å². The first-order valence-corrected chi connectivity index (χ1v) is 6.74. The van der Waals surface area contributed by atoms with E-state index >= 15 is 0 Å². The zero-order chi connectivity index (χ0) is 15.5. The van der Waals surface area contributed by atoms with Gasteiger partial charge in [0.05, 0.1) is 11.4 Å². The molecule has 0 spiro atoms. The molecular weight excluding hydrogens is 285 g/mol. The van der Waals surface area contributed by atoms with E-state index in [9.17, 15) is 9.18 Å². The summed E-state index contributed by atoms with van der Waals surface area (Å²) >= 11 is 0. The average Bonchev–Trinajstić information content (AvgIpc) is 2.86. The third kappa shape index (κ3) is 3.22. The number of hydrogen-bond donors (Lipinski definition) is 1. The minimum Gasteiger partial charge on any atom is -0.484 e. The van der Waals surface area contributed by atoms with Crippen molar-refractivity contribution in [2.45, 2.75) is 6.92 Å². The number of imidazole rings is 1. The second kappa shape index (κ2) is 5.85. The van der Waals surface area contributed by atoms with Gasteiger partial charge in [-0.05, 0) is 43.3 Å². The van der Waals surface area contributed by atoms with Crippen LogP contribution in [0, 0.1) is 12.7 Å². The van der Waals surface area contributed by atoms with E-state index in [4.69, 9.17) is 4.74 Å². The summed E-state index contributed by atoms with van der Waals surface area (Å²) in [5.74, 6) is -0.196. The molecule has 3 aromatic rings. The molecule has 1 aromatic carbocycles. The minimum absolute atomic E-state index is 0.146. The molecule has 1 amide bonds. The Morgan fingerprint density at radius 2 is 2.00 bits per heavy atom. The van der Waals surface area contributed by atoms with Crippen molar-refractivity contribution in [3.05, 3.63) is 60.3 Å². The van der Waals surface area contributed by atoms with E-state index in [1.165, 1.54) is 24.3 Å². The molecule has 5 nitrogen and oxygen atoms in total. The van der Waals surface area contributed by atoms with Gasteiger partial charge < -0.3 is 14.5 Å². The summed E-state index contributed by atoms with van der Waals surface area (Å²) < 4.78 is 19.9. The smallest absolute Gasteiger partial charge is 0.262 e. The number of nitrogens with zero attached hydrogens (tertiary/aromatic N) is 2. The molecule has 2 heterocycles. The second-order valence-corrected chi connectivity index (χ2v) is 4.86. The van der Waals surface area contributed by atoms with E-state index in [-0.39, 0.29) is 18.3 Å². The first-order chi connectivity index (χ1) is 10.6. The van der Waals surface area contributed by atoms with Gasteiger partial charge in [0.25, 0.3) is 5.91 Å². The third-order valence-electron chi connectivity index (χ3n) is 3.04. The molecule has 0 unspecified atom stereocenters. The summed E-state index contributed by atoms with van der Waals surface area (Å²) in [6, 6.07) is 9.11. The number of anilines is 1. The molecule has 0 saturated carbocycles. The number of aryl methyl sites for hydroxylation is 1. The summed E-state index contributed by atoms with van der Waals surface area (Å²) in [6.45, 7) is 1.76. The second-order valence-electron chi connectivity index (χ2n) is 4.86. The number of carbonyl (C=O) groups is 1. The molecule has 0 radical (unpaired) electrons. The van der Waals surface area contributed by atoms with Crippen LogP contribution in [0.15, 0.2) is 48.8 Å². The highest BCUT2D eigenvalue weighted by atomic mass is 19.1. The quantitative estimate of drug-likeness (QED) is 0.806. The van der Waals surface area contributed by atoms with Crippen molar-refractivity contribution < 1.29 is 13.9 Å². The maximum absolute atomic E-state index is 12.8. The third-order valence-corrected chi connectivity index (χ3v) is 3.04. The Kier molecular flexibility index (Phi) is 3.74. The van der Waals surface area contributed by atoms with E-state index in [1.54, 1.807) is 12.3 Å². The Morgan fingerprint density at radius 1 is 1.23 bits per heavy atom. The molecule has 22 heavy (non-hydrogen) atoms. The normalized spacial score (nSPS) is 10.6. The molecular formula is C16H14FN3O2. The van der Waals surface area contributed by atoms with Crippen LogP contribution >= 0.6 is 0 Å². The van der Waals surface area contributed by atoms with E-state index in [0.29, 0.717) is 11.4 Å². The van der Waals surface area contributed by atoms with Gasteiger partial charge in [0.15, 0.2) is 6.61 Å². The van der Waals surface area contributed by atoms with E-state index in [2.05, 4.69) is 10.3 Å². The van der Waals surface area contributed by atoms with Crippen molar-refractivity contribution >= 4 is 17.2 Å². The van der Waals surface area contributed by atoms with Gasteiger partial charge in [-0.15, -0.1) is 0 Å². The van der Waals surface area contributed by atoms with Crippen LogP contribution in [-0.4, -0.2) is 21.9 Å². The number of nitrogens with one attached hydrogen (secondary N) is 1. The number of aromatic nitrogens is 2. The standard InChI is InChI=1S/C16H14FN3O2/c1-11-8-20-9-13(4-7-15(20)18-11)19-16(21)10-22-14-5-2-12(17)3-6-14/h2-9H,10H2,1H3,(H,19,21). The van der Waals surface area contributed by atoms with Crippen LogP contribution in [0.25, 0.3) is 5.65 Å². The van der Waals surface area contributed by atoms with E-state index < -0.39 is 0 Å². The molecule has 0 atom stereocenters. The highest BCUT2D eigenvalue weighted by Crippen LogP contribution is 2.13. The van der Waals surface area contributed by atoms with Crippen LogP contribution in [0.3, 0.4) is 0 Å². The summed E-state index contributed by atoms with van der Waals surface area (Å²) in [6.07, 6.45) is 3.66. The monoisotopic (exact) mass is 299 g/mol. The number of carbonyl (C=O) groups excluding carboxylic acids is 1. The van der Waals surface area contributed by atoms with Crippen LogP contribution in [0.2, 0.25) is 0 Å². The van der Waals surface area contributed by atoms with Gasteiger partial charge in [0.1, 0.15) is 17.2 Å². The topological polar surface area (TPSA) is 55.6 Å². The van der Waals surface area contributed by atoms with Crippen molar-refractivity contribution in [2.24, 2.45) is 0 Å². The van der Waals surface area contributed by atoms with Gasteiger partial charge in [0, 0.05) is 12.4 Å². The molecule has 0 fully saturated rings. The molecule has 0 bridgehead atoms. The SMILES string of the molecule is Cc1cn2cc(NC(=O)COc3ccc(F)cc3)ccc2n1. The average molecular weight is 299 g/mol. The number of halogens is 1. The molecule has 1 N–H and O–H groups in total. The van der Waals surface area contributed by atoms with Crippen LogP contribution in [0.1, 0.15) is 5.69 Å². The van der Waals surface area contributed by atoms with Crippen LogP contribution in [0.4, 0.5) is 10.1 Å². The van der Waals surface area contributed by atoms with Gasteiger partial charge in [-0.1, -0.05) is 0 Å². The lowest BCUT2D eigenvalue weighted by molar-refractivity contribution is -0.118. The van der Waals surface area contributed by atoms with Crippen molar-refractivity contribution in [2.75, 3.05) is 11.9 Å².